The van der Waals surface area contributed by atoms with Crippen LogP contribution in [0.15, 0.2) is 23.2 Å². The summed E-state index contributed by atoms with van der Waals surface area (Å²) in [5.41, 5.74) is 0.832. The van der Waals surface area contributed by atoms with Crippen molar-refractivity contribution >= 4 is 11.9 Å². The lowest BCUT2D eigenvalue weighted by Gasteiger charge is -2.13. The maximum Gasteiger partial charge on any atom is 0.251 e. The number of aryl methyl sites for hydroxylation is 1. The minimum Gasteiger partial charge on any atom is -0.379 e. The molecule has 1 atom stereocenters. The smallest absolute Gasteiger partial charge is 0.251 e. The van der Waals surface area contributed by atoms with Crippen LogP contribution >= 0.6 is 0 Å². The lowest BCUT2D eigenvalue weighted by atomic mass is 10.1. The Morgan fingerprint density at radius 2 is 2.07 bits per heavy atom. The average molecular weight is 394 g/mol. The van der Waals surface area contributed by atoms with E-state index in [0.29, 0.717) is 43.4 Å². The van der Waals surface area contributed by atoms with E-state index >= 15 is 0 Å². The normalized spacial score (nSPS) is 16.8. The van der Waals surface area contributed by atoms with E-state index in [9.17, 15) is 9.18 Å². The van der Waals surface area contributed by atoms with Crippen molar-refractivity contribution in [3.8, 4) is 0 Å². The van der Waals surface area contributed by atoms with Gasteiger partial charge < -0.3 is 25.4 Å². The summed E-state index contributed by atoms with van der Waals surface area (Å²) in [7, 11) is 1.69. The first kappa shape index (κ1) is 22.1. The van der Waals surface area contributed by atoms with Gasteiger partial charge in [-0.05, 0) is 43.9 Å². The SMILES string of the molecule is CN=C(NCCCOCC1CCCO1)NCCNC(=O)c1ccc(C)c(F)c1. The molecule has 0 saturated carbocycles. The molecule has 28 heavy (non-hydrogen) atoms. The Labute approximate surface area is 166 Å². The summed E-state index contributed by atoms with van der Waals surface area (Å²) in [5, 5.41) is 9.07. The number of carbonyl (C=O) groups excluding carboxylic acids is 1. The summed E-state index contributed by atoms with van der Waals surface area (Å²) in [6.45, 7) is 5.50. The lowest BCUT2D eigenvalue weighted by molar-refractivity contribution is 0.0168. The molecule has 2 rings (SSSR count). The Hall–Kier alpha value is -2.19. The summed E-state index contributed by atoms with van der Waals surface area (Å²) >= 11 is 0. The number of nitrogens with zero attached hydrogens (tertiary/aromatic N) is 1. The minimum atomic E-state index is -0.380. The molecule has 1 aliphatic rings. The molecule has 0 aromatic heterocycles. The van der Waals surface area contributed by atoms with Gasteiger partial charge in [0.25, 0.3) is 5.91 Å². The second kappa shape index (κ2) is 12.3. The number of aliphatic imine (C=N–C) groups is 1. The number of carbonyl (C=O) groups is 1. The molecule has 1 aromatic rings. The van der Waals surface area contributed by atoms with Gasteiger partial charge in [0.2, 0.25) is 0 Å². The van der Waals surface area contributed by atoms with Crippen LogP contribution in [0.5, 0.6) is 0 Å². The predicted octanol–water partition coefficient (Wildman–Crippen LogP) is 1.61. The lowest BCUT2D eigenvalue weighted by Crippen LogP contribution is -2.42. The zero-order valence-electron chi connectivity index (χ0n) is 16.7. The number of nitrogens with one attached hydrogen (secondary N) is 3. The number of benzene rings is 1. The Morgan fingerprint density at radius 3 is 2.79 bits per heavy atom. The quantitative estimate of drug-likeness (QED) is 0.319. The molecule has 8 heteroatoms. The monoisotopic (exact) mass is 394 g/mol. The molecule has 1 saturated heterocycles. The van der Waals surface area contributed by atoms with Gasteiger partial charge in [-0.15, -0.1) is 0 Å². The van der Waals surface area contributed by atoms with E-state index in [2.05, 4.69) is 20.9 Å². The molecule has 1 aromatic carbocycles. The second-order valence-electron chi connectivity index (χ2n) is 6.71. The van der Waals surface area contributed by atoms with Crippen LogP contribution in [0.25, 0.3) is 0 Å². The van der Waals surface area contributed by atoms with Crippen LogP contribution in [0.4, 0.5) is 4.39 Å². The van der Waals surface area contributed by atoms with E-state index < -0.39 is 0 Å². The maximum absolute atomic E-state index is 13.5. The number of guanidine groups is 1. The zero-order valence-corrected chi connectivity index (χ0v) is 16.7. The third kappa shape index (κ3) is 7.82. The molecule has 0 aliphatic carbocycles. The molecule has 0 spiro atoms. The molecule has 3 N–H and O–H groups in total. The number of amides is 1. The van der Waals surface area contributed by atoms with Crippen molar-refractivity contribution in [2.45, 2.75) is 32.3 Å². The fourth-order valence-electron chi connectivity index (χ4n) is 2.79. The van der Waals surface area contributed by atoms with Gasteiger partial charge in [-0.1, -0.05) is 6.07 Å². The molecule has 1 aliphatic heterocycles. The van der Waals surface area contributed by atoms with Crippen LogP contribution in [-0.2, 0) is 9.47 Å². The topological polar surface area (TPSA) is 84.0 Å². The van der Waals surface area contributed by atoms with Crippen LogP contribution in [0.3, 0.4) is 0 Å². The third-order valence-corrected chi connectivity index (χ3v) is 4.45. The molecule has 0 bridgehead atoms. The van der Waals surface area contributed by atoms with Gasteiger partial charge in [-0.25, -0.2) is 4.39 Å². The van der Waals surface area contributed by atoms with Gasteiger partial charge in [0.1, 0.15) is 5.82 Å². The summed E-state index contributed by atoms with van der Waals surface area (Å²) in [5.74, 6) is -0.0167. The van der Waals surface area contributed by atoms with Crippen molar-refractivity contribution < 1.29 is 18.7 Å². The number of ether oxygens (including phenoxy) is 2. The fraction of sp³-hybridized carbons (Fsp3) is 0.600. The largest absolute Gasteiger partial charge is 0.379 e. The predicted molar refractivity (Wildman–Crippen MR) is 107 cm³/mol. The Morgan fingerprint density at radius 1 is 1.29 bits per heavy atom. The number of rotatable bonds is 10. The van der Waals surface area contributed by atoms with E-state index in [1.54, 1.807) is 26.1 Å². The molecular weight excluding hydrogens is 363 g/mol. The van der Waals surface area contributed by atoms with E-state index in [4.69, 9.17) is 9.47 Å². The summed E-state index contributed by atoms with van der Waals surface area (Å²) < 4.78 is 24.6. The molecule has 7 nitrogen and oxygen atoms in total. The van der Waals surface area contributed by atoms with Crippen LogP contribution in [0.1, 0.15) is 35.2 Å². The summed E-state index contributed by atoms with van der Waals surface area (Å²) in [6.07, 6.45) is 3.34. The Balaban J connectivity index is 1.52. The van der Waals surface area contributed by atoms with Crippen molar-refractivity contribution in [3.63, 3.8) is 0 Å². The highest BCUT2D eigenvalue weighted by Crippen LogP contribution is 2.11. The second-order valence-corrected chi connectivity index (χ2v) is 6.71. The van der Waals surface area contributed by atoms with Gasteiger partial charge in [0, 0.05) is 45.5 Å². The Kier molecular flexibility index (Phi) is 9.71. The highest BCUT2D eigenvalue weighted by molar-refractivity contribution is 5.94. The van der Waals surface area contributed by atoms with Crippen molar-refractivity contribution in [2.24, 2.45) is 4.99 Å². The third-order valence-electron chi connectivity index (χ3n) is 4.45. The Bertz CT molecular complexity index is 648. The first-order chi connectivity index (χ1) is 13.6. The van der Waals surface area contributed by atoms with Crippen molar-refractivity contribution in [1.29, 1.82) is 0 Å². The van der Waals surface area contributed by atoms with E-state index in [0.717, 1.165) is 32.4 Å². The highest BCUT2D eigenvalue weighted by Gasteiger charge is 2.14. The number of hydrogen-bond acceptors (Lipinski definition) is 4. The molecule has 1 unspecified atom stereocenters. The molecule has 0 radical (unpaired) electrons. The van der Waals surface area contributed by atoms with Gasteiger partial charge in [-0.3, -0.25) is 9.79 Å². The summed E-state index contributed by atoms with van der Waals surface area (Å²) in [6, 6.07) is 4.46. The molecule has 1 fully saturated rings. The van der Waals surface area contributed by atoms with Crippen molar-refractivity contribution in [3.05, 3.63) is 35.1 Å². The highest BCUT2D eigenvalue weighted by atomic mass is 19.1. The van der Waals surface area contributed by atoms with Crippen LogP contribution in [0.2, 0.25) is 0 Å². The van der Waals surface area contributed by atoms with Crippen LogP contribution in [-0.4, -0.2) is 64.5 Å². The number of hydrogen-bond donors (Lipinski definition) is 3. The van der Waals surface area contributed by atoms with E-state index in [1.165, 1.54) is 6.07 Å². The summed E-state index contributed by atoms with van der Waals surface area (Å²) in [4.78, 5) is 16.2. The zero-order chi connectivity index (χ0) is 20.2. The van der Waals surface area contributed by atoms with Gasteiger partial charge in [0.15, 0.2) is 5.96 Å². The van der Waals surface area contributed by atoms with Crippen molar-refractivity contribution in [2.75, 3.05) is 46.5 Å². The molecule has 156 valence electrons. The van der Waals surface area contributed by atoms with Crippen molar-refractivity contribution in [1.82, 2.24) is 16.0 Å². The first-order valence-corrected chi connectivity index (χ1v) is 9.78. The van der Waals surface area contributed by atoms with E-state index in [1.807, 2.05) is 0 Å². The van der Waals surface area contributed by atoms with Crippen LogP contribution < -0.4 is 16.0 Å². The minimum absolute atomic E-state index is 0.258. The van der Waals surface area contributed by atoms with Gasteiger partial charge >= 0.3 is 0 Å². The van der Waals surface area contributed by atoms with Gasteiger partial charge in [-0.2, -0.15) is 0 Å². The first-order valence-electron chi connectivity index (χ1n) is 9.78. The maximum atomic E-state index is 13.5. The number of halogens is 1. The fourth-order valence-corrected chi connectivity index (χ4v) is 2.79. The van der Waals surface area contributed by atoms with Gasteiger partial charge in [0.05, 0.1) is 12.7 Å². The molecule has 1 heterocycles. The average Bonchev–Trinajstić information content (AvgIpc) is 3.21. The molecule has 1 amide bonds. The standard InChI is InChI=1S/C20H31FN4O3/c1-15-6-7-16(13-18(15)21)19(26)23-9-10-25-20(22-2)24-8-4-11-27-14-17-5-3-12-28-17/h6-7,13,17H,3-5,8-12,14H2,1-2H3,(H,23,26)(H2,22,24,25). The molecular formula is C20H31FN4O3. The van der Waals surface area contributed by atoms with Crippen LogP contribution in [0, 0.1) is 12.7 Å². The van der Waals surface area contributed by atoms with E-state index in [-0.39, 0.29) is 17.8 Å².